The zero-order chi connectivity index (χ0) is 8.84. The molecule has 5 rings (SSSR count). The smallest absolute Gasteiger partial charge is 0.184 e. The molecule has 0 radical (unpaired) electrons. The third-order valence-corrected chi connectivity index (χ3v) is 6.41. The van der Waals surface area contributed by atoms with Crippen LogP contribution >= 0.6 is 0 Å². The Morgan fingerprint density at radius 1 is 1.00 bits per heavy atom. The van der Waals surface area contributed by atoms with Gasteiger partial charge in [0.05, 0.1) is 9.64 Å². The van der Waals surface area contributed by atoms with Crippen molar-refractivity contribution in [2.45, 2.75) is 9.64 Å². The van der Waals surface area contributed by atoms with Gasteiger partial charge in [-0.2, -0.15) is 0 Å². The van der Waals surface area contributed by atoms with E-state index in [9.17, 15) is 8.42 Å². The van der Waals surface area contributed by atoms with Crippen molar-refractivity contribution >= 4 is 9.84 Å². The molecule has 0 spiro atoms. The van der Waals surface area contributed by atoms with Crippen molar-refractivity contribution in [2.24, 2.45) is 17.8 Å². The van der Waals surface area contributed by atoms with Crippen LogP contribution in [0.1, 0.15) is 0 Å². The number of benzene rings is 1. The van der Waals surface area contributed by atoms with Crippen molar-refractivity contribution in [2.75, 3.05) is 0 Å². The van der Waals surface area contributed by atoms with Crippen molar-refractivity contribution in [3.63, 3.8) is 0 Å². The van der Waals surface area contributed by atoms with Crippen LogP contribution in [0.4, 0.5) is 0 Å². The van der Waals surface area contributed by atoms with Crippen LogP contribution < -0.4 is 0 Å². The van der Waals surface area contributed by atoms with E-state index in [1.807, 2.05) is 6.07 Å². The Kier molecular flexibility index (Phi) is 0.739. The Morgan fingerprint density at radius 2 is 1.54 bits per heavy atom. The van der Waals surface area contributed by atoms with Gasteiger partial charge < -0.3 is 0 Å². The summed E-state index contributed by atoms with van der Waals surface area (Å²) in [4.78, 5) is 0.516. The molecule has 0 saturated heterocycles. The van der Waals surface area contributed by atoms with Crippen LogP contribution in [-0.2, 0) is 9.84 Å². The molecule has 0 bridgehead atoms. The molecule has 0 aromatic heterocycles. The molecule has 66 valence electrons. The monoisotopic (exact) mass is 192 g/mol. The van der Waals surface area contributed by atoms with Crippen molar-refractivity contribution in [3.05, 3.63) is 30.3 Å². The zero-order valence-corrected chi connectivity index (χ0v) is 7.66. The first-order valence-corrected chi connectivity index (χ1v) is 6.00. The number of rotatable bonds is 2. The number of sulfone groups is 1. The predicted molar refractivity (Wildman–Crippen MR) is 46.8 cm³/mol. The standard InChI is InChI=1S/C10H8O2S/c11-13(12,6-4-2-1-3-5-6)10-7-8(10)9(7)10/h1-5,7-9H. The van der Waals surface area contributed by atoms with Gasteiger partial charge in [-0.25, -0.2) is 8.42 Å². The maximum Gasteiger partial charge on any atom is 0.184 e. The summed E-state index contributed by atoms with van der Waals surface area (Å²) in [5.41, 5.74) is 0. The lowest BCUT2D eigenvalue weighted by Crippen LogP contribution is -2.09. The van der Waals surface area contributed by atoms with E-state index in [-0.39, 0.29) is 4.75 Å². The zero-order valence-electron chi connectivity index (χ0n) is 6.84. The SMILES string of the molecule is O=S(=O)(c1ccccc1)C12C3C1C32. The highest BCUT2D eigenvalue weighted by atomic mass is 32.2. The van der Waals surface area contributed by atoms with Gasteiger partial charge in [0.1, 0.15) is 0 Å². The summed E-state index contributed by atoms with van der Waals surface area (Å²) in [5.74, 6) is 1.70. The lowest BCUT2D eigenvalue weighted by molar-refractivity contribution is 0.593. The van der Waals surface area contributed by atoms with Crippen LogP contribution in [0.25, 0.3) is 0 Å². The molecule has 4 aliphatic rings. The second-order valence-electron chi connectivity index (χ2n) is 4.25. The molecule has 0 heterocycles. The van der Waals surface area contributed by atoms with E-state index in [1.165, 1.54) is 0 Å². The number of hydrogen-bond donors (Lipinski definition) is 0. The fourth-order valence-corrected chi connectivity index (χ4v) is 5.29. The molecule has 0 N–H and O–H groups in total. The molecule has 3 heteroatoms. The summed E-state index contributed by atoms with van der Waals surface area (Å²) in [7, 11) is -2.95. The summed E-state index contributed by atoms with van der Waals surface area (Å²) >= 11 is 0. The lowest BCUT2D eigenvalue weighted by Gasteiger charge is -2.00. The van der Waals surface area contributed by atoms with Crippen LogP contribution in [0.5, 0.6) is 0 Å². The molecule has 1 aromatic carbocycles. The molecule has 0 atom stereocenters. The van der Waals surface area contributed by atoms with E-state index < -0.39 is 9.84 Å². The van der Waals surface area contributed by atoms with Gasteiger partial charge in [0.25, 0.3) is 0 Å². The van der Waals surface area contributed by atoms with Gasteiger partial charge in [0, 0.05) is 0 Å². The topological polar surface area (TPSA) is 34.1 Å². The molecule has 13 heavy (non-hydrogen) atoms. The molecule has 4 aliphatic carbocycles. The van der Waals surface area contributed by atoms with E-state index in [0.29, 0.717) is 22.6 Å². The molecule has 2 nitrogen and oxygen atoms in total. The minimum Gasteiger partial charge on any atom is -0.223 e. The van der Waals surface area contributed by atoms with Crippen LogP contribution in [0.3, 0.4) is 0 Å². The Hall–Kier alpha value is -0.830. The fourth-order valence-electron chi connectivity index (χ4n) is 2.61. The molecule has 4 fully saturated rings. The molecular weight excluding hydrogens is 184 g/mol. The first kappa shape index (κ1) is 6.60. The normalized spacial score (nSPS) is 48.2. The van der Waals surface area contributed by atoms with E-state index >= 15 is 0 Å². The van der Waals surface area contributed by atoms with Crippen LogP contribution in [0.15, 0.2) is 35.2 Å². The number of hydrogen-bond acceptors (Lipinski definition) is 2. The Labute approximate surface area is 76.5 Å². The van der Waals surface area contributed by atoms with E-state index in [2.05, 4.69) is 0 Å². The van der Waals surface area contributed by atoms with Crippen LogP contribution in [0.2, 0.25) is 0 Å². The lowest BCUT2D eigenvalue weighted by atomic mass is 10.4. The third-order valence-electron chi connectivity index (χ3n) is 3.77. The van der Waals surface area contributed by atoms with Gasteiger partial charge in [0.15, 0.2) is 9.84 Å². The molecule has 0 amide bonds. The predicted octanol–water partition coefficient (Wildman–Crippen LogP) is 1.09. The van der Waals surface area contributed by atoms with Gasteiger partial charge in [-0.15, -0.1) is 0 Å². The van der Waals surface area contributed by atoms with E-state index in [0.717, 1.165) is 0 Å². The van der Waals surface area contributed by atoms with Crippen molar-refractivity contribution in [1.82, 2.24) is 0 Å². The molecule has 0 unspecified atom stereocenters. The van der Waals surface area contributed by atoms with Gasteiger partial charge in [0.2, 0.25) is 0 Å². The molecule has 1 aromatic rings. The largest absolute Gasteiger partial charge is 0.223 e. The maximum absolute atomic E-state index is 12.0. The van der Waals surface area contributed by atoms with Gasteiger partial charge in [-0.3, -0.25) is 0 Å². The average Bonchev–Trinajstić information content (AvgIpc) is 2.96. The second kappa shape index (κ2) is 1.46. The Morgan fingerprint density at radius 3 is 2.00 bits per heavy atom. The second-order valence-corrected chi connectivity index (χ2v) is 6.43. The minimum atomic E-state index is -2.95. The summed E-state index contributed by atoms with van der Waals surface area (Å²) in [6.45, 7) is 0. The van der Waals surface area contributed by atoms with Crippen molar-refractivity contribution < 1.29 is 8.42 Å². The summed E-state index contributed by atoms with van der Waals surface area (Å²) in [6.07, 6.45) is 0. The summed E-state index contributed by atoms with van der Waals surface area (Å²) in [6, 6.07) is 8.84. The quantitative estimate of drug-likeness (QED) is 0.703. The van der Waals surface area contributed by atoms with Gasteiger partial charge >= 0.3 is 0 Å². The summed E-state index contributed by atoms with van der Waals surface area (Å²) < 4.78 is 23.7. The first-order valence-electron chi connectivity index (χ1n) is 4.52. The van der Waals surface area contributed by atoms with Crippen molar-refractivity contribution in [1.29, 1.82) is 0 Å². The maximum atomic E-state index is 12.0. The molecule has 4 saturated carbocycles. The Bertz CT molecular complexity index is 475. The highest BCUT2D eigenvalue weighted by molar-refractivity contribution is 7.94. The minimum absolute atomic E-state index is 0.228. The van der Waals surface area contributed by atoms with E-state index in [1.54, 1.807) is 24.3 Å². The fraction of sp³-hybridized carbons (Fsp3) is 0.400. The molecule has 0 aliphatic heterocycles. The highest BCUT2D eigenvalue weighted by Gasteiger charge is 3.14. The van der Waals surface area contributed by atoms with Crippen LogP contribution in [0, 0.1) is 17.8 Å². The van der Waals surface area contributed by atoms with E-state index in [4.69, 9.17) is 0 Å². The Balaban J connectivity index is 1.90. The van der Waals surface area contributed by atoms with Gasteiger partial charge in [-0.05, 0) is 29.9 Å². The highest BCUT2D eigenvalue weighted by Crippen LogP contribution is 3.06. The average molecular weight is 192 g/mol. The first-order chi connectivity index (χ1) is 6.22. The molecular formula is C10H8O2S. The van der Waals surface area contributed by atoms with Crippen molar-refractivity contribution in [3.8, 4) is 0 Å². The van der Waals surface area contributed by atoms with Crippen LogP contribution in [-0.4, -0.2) is 13.2 Å². The summed E-state index contributed by atoms with van der Waals surface area (Å²) in [5, 5.41) is 0. The third kappa shape index (κ3) is 0.481. The van der Waals surface area contributed by atoms with Gasteiger partial charge in [-0.1, -0.05) is 18.2 Å².